The Morgan fingerprint density at radius 2 is 2.21 bits per heavy atom. The molecule has 1 aromatic carbocycles. The Bertz CT molecular complexity index is 657. The lowest BCUT2D eigenvalue weighted by Crippen LogP contribution is -2.23. The van der Waals surface area contributed by atoms with Crippen molar-refractivity contribution in [2.45, 2.75) is 18.0 Å². The monoisotopic (exact) mass is 303 g/mol. The molecular weight excluding hydrogens is 294 g/mol. The van der Waals surface area contributed by atoms with Crippen molar-refractivity contribution in [3.8, 4) is 0 Å². The van der Waals surface area contributed by atoms with Crippen molar-refractivity contribution >= 4 is 21.6 Å². The first-order valence-electron chi connectivity index (χ1n) is 5.17. The van der Waals surface area contributed by atoms with Crippen LogP contribution >= 0.6 is 11.6 Å². The lowest BCUT2D eigenvalue weighted by atomic mass is 10.2. The number of nitrogens with zero attached hydrogens (tertiary/aromatic N) is 2. The molecule has 0 aliphatic rings. The predicted molar refractivity (Wildman–Crippen MR) is 65.7 cm³/mol. The van der Waals surface area contributed by atoms with Gasteiger partial charge in [0.15, 0.2) is 5.82 Å². The van der Waals surface area contributed by atoms with Crippen molar-refractivity contribution in [2.75, 3.05) is 0 Å². The average molecular weight is 304 g/mol. The standard InChI is InChI=1S/C10H10ClN3O4S/c11-9-3-8(2-1-7(9)5-15)19(16,17)13-4-10-12-6-18-14-10/h1-3,6,13,15H,4-5H2. The minimum absolute atomic E-state index is 0.00167. The smallest absolute Gasteiger partial charge is 0.241 e. The van der Waals surface area contributed by atoms with Gasteiger partial charge >= 0.3 is 0 Å². The van der Waals surface area contributed by atoms with Crippen LogP contribution in [0.4, 0.5) is 0 Å². The molecule has 7 nitrogen and oxygen atoms in total. The van der Waals surface area contributed by atoms with Gasteiger partial charge in [-0.15, -0.1) is 0 Å². The van der Waals surface area contributed by atoms with Crippen LogP contribution in [0, 0.1) is 0 Å². The summed E-state index contributed by atoms with van der Waals surface area (Å²) < 4.78 is 30.7. The van der Waals surface area contributed by atoms with E-state index in [-0.39, 0.29) is 28.9 Å². The molecule has 0 atom stereocenters. The zero-order chi connectivity index (χ0) is 13.9. The molecular formula is C10H10ClN3O4S. The molecule has 0 saturated heterocycles. The number of hydrogen-bond donors (Lipinski definition) is 2. The van der Waals surface area contributed by atoms with E-state index in [1.165, 1.54) is 18.2 Å². The molecule has 0 spiro atoms. The summed E-state index contributed by atoms with van der Waals surface area (Å²) in [6.07, 6.45) is 1.11. The number of benzene rings is 1. The Morgan fingerprint density at radius 1 is 1.42 bits per heavy atom. The average Bonchev–Trinajstić information content (AvgIpc) is 2.89. The van der Waals surface area contributed by atoms with E-state index in [1.54, 1.807) is 0 Å². The summed E-state index contributed by atoms with van der Waals surface area (Å²) in [5.74, 6) is 0.224. The van der Waals surface area contributed by atoms with Crippen LogP contribution in [-0.4, -0.2) is 23.7 Å². The zero-order valence-corrected chi connectivity index (χ0v) is 11.1. The molecule has 2 aromatic rings. The molecule has 9 heteroatoms. The highest BCUT2D eigenvalue weighted by Crippen LogP contribution is 2.20. The van der Waals surface area contributed by atoms with Crippen LogP contribution in [0.1, 0.15) is 11.4 Å². The fourth-order valence-corrected chi connectivity index (χ4v) is 2.65. The summed E-state index contributed by atoms with van der Waals surface area (Å²) in [5.41, 5.74) is 0.457. The van der Waals surface area contributed by atoms with Crippen molar-refractivity contribution in [1.82, 2.24) is 14.9 Å². The van der Waals surface area contributed by atoms with Crippen LogP contribution in [0.3, 0.4) is 0 Å². The molecule has 0 amide bonds. The van der Waals surface area contributed by atoms with Gasteiger partial charge in [-0.2, -0.15) is 4.98 Å². The van der Waals surface area contributed by atoms with Crippen LogP contribution < -0.4 is 4.72 Å². The van der Waals surface area contributed by atoms with E-state index in [2.05, 4.69) is 19.4 Å². The Kier molecular flexibility index (Phi) is 4.15. The second-order valence-electron chi connectivity index (χ2n) is 3.58. The molecule has 102 valence electrons. The van der Waals surface area contributed by atoms with Crippen LogP contribution in [0.2, 0.25) is 5.02 Å². The molecule has 0 unspecified atom stereocenters. The SMILES string of the molecule is O=S(=O)(NCc1ncon1)c1ccc(CO)c(Cl)c1. The fraction of sp³-hybridized carbons (Fsp3) is 0.200. The van der Waals surface area contributed by atoms with Crippen LogP contribution in [0.15, 0.2) is 34.0 Å². The van der Waals surface area contributed by atoms with Crippen molar-refractivity contribution in [2.24, 2.45) is 0 Å². The van der Waals surface area contributed by atoms with Crippen molar-refractivity contribution in [1.29, 1.82) is 0 Å². The summed E-state index contributed by atoms with van der Waals surface area (Å²) in [5, 5.41) is 12.6. The maximum Gasteiger partial charge on any atom is 0.241 e. The van der Waals surface area contributed by atoms with Gasteiger partial charge in [0.25, 0.3) is 0 Å². The quantitative estimate of drug-likeness (QED) is 0.842. The molecule has 0 radical (unpaired) electrons. The van der Waals surface area contributed by atoms with Gasteiger partial charge in [-0.1, -0.05) is 22.8 Å². The summed E-state index contributed by atoms with van der Waals surface area (Å²) in [6.45, 7) is -0.340. The normalized spacial score (nSPS) is 11.7. The number of hydrogen-bond acceptors (Lipinski definition) is 6. The van der Waals surface area contributed by atoms with Gasteiger partial charge < -0.3 is 9.63 Å². The number of aliphatic hydroxyl groups is 1. The van der Waals surface area contributed by atoms with Crippen LogP contribution in [0.5, 0.6) is 0 Å². The fourth-order valence-electron chi connectivity index (χ4n) is 1.34. The van der Waals surface area contributed by atoms with Crippen molar-refractivity contribution in [3.63, 3.8) is 0 Å². The highest BCUT2D eigenvalue weighted by atomic mass is 35.5. The largest absolute Gasteiger partial charge is 0.392 e. The predicted octanol–water partition coefficient (Wildman–Crippen LogP) is 0.694. The minimum atomic E-state index is -3.72. The summed E-state index contributed by atoms with van der Waals surface area (Å²) >= 11 is 5.84. The van der Waals surface area contributed by atoms with E-state index < -0.39 is 10.0 Å². The third-order valence-corrected chi connectivity index (χ3v) is 4.08. The van der Waals surface area contributed by atoms with E-state index in [9.17, 15) is 8.42 Å². The van der Waals surface area contributed by atoms with Gasteiger partial charge in [0.05, 0.1) is 18.0 Å². The number of halogens is 1. The molecule has 0 saturated carbocycles. The number of sulfonamides is 1. The summed E-state index contributed by atoms with van der Waals surface area (Å²) in [7, 11) is -3.72. The Morgan fingerprint density at radius 3 is 2.79 bits per heavy atom. The van der Waals surface area contributed by atoms with Gasteiger partial charge in [-0.3, -0.25) is 0 Å². The van der Waals surface area contributed by atoms with Gasteiger partial charge in [0, 0.05) is 5.02 Å². The molecule has 19 heavy (non-hydrogen) atoms. The van der Waals surface area contributed by atoms with Gasteiger partial charge in [-0.25, -0.2) is 13.1 Å². The number of rotatable bonds is 5. The minimum Gasteiger partial charge on any atom is -0.392 e. The Hall–Kier alpha value is -1.48. The number of aromatic nitrogens is 2. The first-order valence-corrected chi connectivity index (χ1v) is 7.03. The molecule has 0 aliphatic carbocycles. The first-order chi connectivity index (χ1) is 9.03. The van der Waals surface area contributed by atoms with Gasteiger partial charge in [-0.05, 0) is 17.7 Å². The molecule has 0 fully saturated rings. The van der Waals surface area contributed by atoms with Crippen molar-refractivity contribution in [3.05, 3.63) is 41.0 Å². The molecule has 2 rings (SSSR count). The summed E-state index contributed by atoms with van der Waals surface area (Å²) in [4.78, 5) is 3.69. The third-order valence-electron chi connectivity index (χ3n) is 2.33. The number of aliphatic hydroxyl groups excluding tert-OH is 1. The van der Waals surface area contributed by atoms with E-state index in [1.807, 2.05) is 0 Å². The maximum atomic E-state index is 12.0. The second kappa shape index (κ2) is 5.66. The number of nitrogens with one attached hydrogen (secondary N) is 1. The van der Waals surface area contributed by atoms with E-state index >= 15 is 0 Å². The van der Waals surface area contributed by atoms with E-state index in [0.29, 0.717) is 5.56 Å². The lowest BCUT2D eigenvalue weighted by Gasteiger charge is -2.07. The van der Waals surface area contributed by atoms with E-state index in [4.69, 9.17) is 16.7 Å². The van der Waals surface area contributed by atoms with Crippen molar-refractivity contribution < 1.29 is 18.0 Å². The Labute approximate surface area is 114 Å². The third kappa shape index (κ3) is 3.29. The zero-order valence-electron chi connectivity index (χ0n) is 9.58. The second-order valence-corrected chi connectivity index (χ2v) is 5.76. The Balaban J connectivity index is 2.17. The molecule has 0 bridgehead atoms. The highest BCUT2D eigenvalue weighted by molar-refractivity contribution is 7.89. The topological polar surface area (TPSA) is 105 Å². The van der Waals surface area contributed by atoms with Crippen LogP contribution in [-0.2, 0) is 23.2 Å². The first kappa shape index (κ1) is 13.9. The van der Waals surface area contributed by atoms with Gasteiger partial charge in [0.2, 0.25) is 16.4 Å². The van der Waals surface area contributed by atoms with Crippen LogP contribution in [0.25, 0.3) is 0 Å². The summed E-state index contributed by atoms with van der Waals surface area (Å²) in [6, 6.07) is 4.08. The van der Waals surface area contributed by atoms with E-state index in [0.717, 1.165) is 6.39 Å². The van der Waals surface area contributed by atoms with Gasteiger partial charge in [0.1, 0.15) is 0 Å². The molecule has 2 N–H and O–H groups in total. The maximum absolute atomic E-state index is 12.0. The lowest BCUT2D eigenvalue weighted by molar-refractivity contribution is 0.282. The highest BCUT2D eigenvalue weighted by Gasteiger charge is 2.16. The molecule has 1 aromatic heterocycles. The molecule has 1 heterocycles. The molecule has 0 aliphatic heterocycles.